The van der Waals surface area contributed by atoms with Crippen LogP contribution in [0.3, 0.4) is 0 Å². The Balaban J connectivity index is 1.43. The molecule has 5 nitrogen and oxygen atoms in total. The Bertz CT molecular complexity index is 736. The second kappa shape index (κ2) is 7.45. The van der Waals surface area contributed by atoms with Gasteiger partial charge < -0.3 is 10.6 Å². The Morgan fingerprint density at radius 2 is 1.67 bits per heavy atom. The third-order valence-corrected chi connectivity index (χ3v) is 4.41. The molecule has 0 aliphatic heterocycles. The van der Waals surface area contributed by atoms with Gasteiger partial charge in [0.1, 0.15) is 0 Å². The van der Waals surface area contributed by atoms with E-state index >= 15 is 0 Å². The van der Waals surface area contributed by atoms with E-state index in [4.69, 9.17) is 11.6 Å². The lowest BCUT2D eigenvalue weighted by molar-refractivity contribution is -0.127. The molecular formula is C18H18ClN3O2. The van der Waals surface area contributed by atoms with Gasteiger partial charge >= 0.3 is 0 Å². The highest BCUT2D eigenvalue weighted by atomic mass is 35.5. The summed E-state index contributed by atoms with van der Waals surface area (Å²) in [5.74, 6) is -0.706. The predicted molar refractivity (Wildman–Crippen MR) is 91.0 cm³/mol. The molecule has 1 fully saturated rings. The Hall–Kier alpha value is -2.40. The van der Waals surface area contributed by atoms with Gasteiger partial charge in [-0.15, -0.1) is 0 Å². The van der Waals surface area contributed by atoms with E-state index in [1.807, 2.05) is 36.4 Å². The summed E-state index contributed by atoms with van der Waals surface area (Å²) >= 11 is 6.06. The van der Waals surface area contributed by atoms with Crippen LogP contribution in [0.4, 0.5) is 0 Å². The molecule has 2 amide bonds. The van der Waals surface area contributed by atoms with Gasteiger partial charge in [-0.3, -0.25) is 14.6 Å². The van der Waals surface area contributed by atoms with Crippen LogP contribution in [0.15, 0.2) is 48.7 Å². The minimum Gasteiger partial charge on any atom is -0.352 e. The average Bonchev–Trinajstić information content (AvgIpc) is 3.40. The molecular weight excluding hydrogens is 326 g/mol. The number of hydrogen-bond acceptors (Lipinski definition) is 3. The number of nitrogens with one attached hydrogen (secondary N) is 2. The van der Waals surface area contributed by atoms with Crippen molar-refractivity contribution >= 4 is 23.4 Å². The van der Waals surface area contributed by atoms with Crippen LogP contribution in [0.25, 0.3) is 0 Å². The van der Waals surface area contributed by atoms with Gasteiger partial charge in [0, 0.05) is 17.8 Å². The molecule has 6 heteroatoms. The molecule has 1 aromatic heterocycles. The van der Waals surface area contributed by atoms with Crippen molar-refractivity contribution in [3.05, 3.63) is 64.9 Å². The summed E-state index contributed by atoms with van der Waals surface area (Å²) in [6, 6.07) is 12.9. The summed E-state index contributed by atoms with van der Waals surface area (Å²) in [7, 11) is 0. The first kappa shape index (κ1) is 16.5. The van der Waals surface area contributed by atoms with Crippen molar-refractivity contribution in [1.82, 2.24) is 15.6 Å². The molecule has 1 heterocycles. The summed E-state index contributed by atoms with van der Waals surface area (Å²) in [4.78, 5) is 28.4. The third-order valence-electron chi connectivity index (χ3n) is 4.04. The molecule has 1 saturated carbocycles. The molecule has 1 aromatic carbocycles. The average molecular weight is 344 g/mol. The Kier molecular flexibility index (Phi) is 5.11. The van der Waals surface area contributed by atoms with Crippen LogP contribution in [-0.2, 0) is 22.7 Å². The first-order chi connectivity index (χ1) is 11.6. The highest BCUT2D eigenvalue weighted by Crippen LogP contribution is 2.38. The van der Waals surface area contributed by atoms with E-state index in [2.05, 4.69) is 15.6 Å². The fraction of sp³-hybridized carbons (Fsp3) is 0.278. The molecule has 2 aromatic rings. The fourth-order valence-corrected chi connectivity index (χ4v) is 2.74. The number of carbonyl (C=O) groups is 2. The number of rotatable bonds is 6. The zero-order valence-electron chi connectivity index (χ0n) is 13.0. The Morgan fingerprint density at radius 1 is 1.00 bits per heavy atom. The SMILES string of the molecule is O=C(NCc1ccccn1)C1CC1C(=O)NCc1ccccc1Cl. The van der Waals surface area contributed by atoms with Crippen molar-refractivity contribution in [1.29, 1.82) is 0 Å². The summed E-state index contributed by atoms with van der Waals surface area (Å²) < 4.78 is 0. The Morgan fingerprint density at radius 3 is 2.33 bits per heavy atom. The lowest BCUT2D eigenvalue weighted by atomic mass is 10.2. The minimum atomic E-state index is -0.253. The van der Waals surface area contributed by atoms with Gasteiger partial charge in [0.15, 0.2) is 0 Å². The van der Waals surface area contributed by atoms with Gasteiger partial charge in [0.05, 0.1) is 24.1 Å². The number of hydrogen-bond donors (Lipinski definition) is 2. The van der Waals surface area contributed by atoms with Gasteiger partial charge in [-0.2, -0.15) is 0 Å². The molecule has 0 radical (unpaired) electrons. The van der Waals surface area contributed by atoms with E-state index in [9.17, 15) is 9.59 Å². The Labute approximate surface area is 145 Å². The van der Waals surface area contributed by atoms with Crippen LogP contribution in [-0.4, -0.2) is 16.8 Å². The van der Waals surface area contributed by atoms with Crippen LogP contribution >= 0.6 is 11.6 Å². The summed E-state index contributed by atoms with van der Waals surface area (Å²) in [6.07, 6.45) is 2.27. The van der Waals surface area contributed by atoms with E-state index in [1.165, 1.54) is 0 Å². The van der Waals surface area contributed by atoms with Crippen molar-refractivity contribution in [2.24, 2.45) is 11.8 Å². The van der Waals surface area contributed by atoms with Crippen LogP contribution in [0, 0.1) is 11.8 Å². The monoisotopic (exact) mass is 343 g/mol. The van der Waals surface area contributed by atoms with Gasteiger partial charge in [0.2, 0.25) is 11.8 Å². The number of halogens is 1. The number of carbonyl (C=O) groups excluding carboxylic acids is 2. The van der Waals surface area contributed by atoms with E-state index in [-0.39, 0.29) is 23.7 Å². The molecule has 1 aliphatic carbocycles. The van der Waals surface area contributed by atoms with Gasteiger partial charge in [0.25, 0.3) is 0 Å². The van der Waals surface area contributed by atoms with Crippen molar-refractivity contribution in [2.45, 2.75) is 19.5 Å². The lowest BCUT2D eigenvalue weighted by Crippen LogP contribution is -2.30. The summed E-state index contributed by atoms with van der Waals surface area (Å²) in [5, 5.41) is 6.29. The second-order valence-electron chi connectivity index (χ2n) is 5.80. The van der Waals surface area contributed by atoms with Gasteiger partial charge in [-0.1, -0.05) is 35.9 Å². The van der Waals surface area contributed by atoms with E-state index < -0.39 is 0 Å². The molecule has 1 aliphatic rings. The maximum absolute atomic E-state index is 12.1. The number of aromatic nitrogens is 1. The third kappa shape index (κ3) is 4.11. The van der Waals surface area contributed by atoms with Gasteiger partial charge in [-0.25, -0.2) is 0 Å². The number of nitrogens with zero attached hydrogens (tertiary/aromatic N) is 1. The van der Waals surface area contributed by atoms with Crippen molar-refractivity contribution in [3.8, 4) is 0 Å². The smallest absolute Gasteiger partial charge is 0.224 e. The standard InChI is InChI=1S/C18H18ClN3O2/c19-16-7-2-1-5-12(16)10-21-17(23)14-9-15(14)18(24)22-11-13-6-3-4-8-20-13/h1-8,14-15H,9-11H2,(H,21,23)(H,22,24). The molecule has 0 bridgehead atoms. The normalized spacial score (nSPS) is 18.7. The molecule has 0 spiro atoms. The van der Waals surface area contributed by atoms with E-state index in [0.29, 0.717) is 24.5 Å². The molecule has 0 saturated heterocycles. The van der Waals surface area contributed by atoms with Crippen LogP contribution in [0.1, 0.15) is 17.7 Å². The molecule has 24 heavy (non-hydrogen) atoms. The highest BCUT2D eigenvalue weighted by Gasteiger charge is 2.47. The van der Waals surface area contributed by atoms with Crippen molar-refractivity contribution in [3.63, 3.8) is 0 Å². The lowest BCUT2D eigenvalue weighted by Gasteiger charge is -2.07. The summed E-state index contributed by atoms with van der Waals surface area (Å²) in [6.45, 7) is 0.751. The number of benzene rings is 1. The molecule has 3 rings (SSSR count). The predicted octanol–water partition coefficient (Wildman–Crippen LogP) is 2.30. The fourth-order valence-electron chi connectivity index (χ4n) is 2.54. The quantitative estimate of drug-likeness (QED) is 0.845. The van der Waals surface area contributed by atoms with Gasteiger partial charge in [-0.05, 0) is 30.2 Å². The van der Waals surface area contributed by atoms with E-state index in [1.54, 1.807) is 12.3 Å². The first-order valence-corrected chi connectivity index (χ1v) is 8.21. The van der Waals surface area contributed by atoms with Crippen molar-refractivity contribution in [2.75, 3.05) is 0 Å². The summed E-state index contributed by atoms with van der Waals surface area (Å²) in [5.41, 5.74) is 1.66. The number of amides is 2. The van der Waals surface area contributed by atoms with Crippen molar-refractivity contribution < 1.29 is 9.59 Å². The second-order valence-corrected chi connectivity index (χ2v) is 6.20. The maximum Gasteiger partial charge on any atom is 0.224 e. The van der Waals surface area contributed by atoms with Crippen LogP contribution in [0.5, 0.6) is 0 Å². The minimum absolute atomic E-state index is 0.0986. The maximum atomic E-state index is 12.1. The van der Waals surface area contributed by atoms with Crippen LogP contribution in [0.2, 0.25) is 5.02 Å². The largest absolute Gasteiger partial charge is 0.352 e. The van der Waals surface area contributed by atoms with Crippen LogP contribution < -0.4 is 10.6 Å². The van der Waals surface area contributed by atoms with E-state index in [0.717, 1.165) is 11.3 Å². The molecule has 2 atom stereocenters. The molecule has 124 valence electrons. The molecule has 2 N–H and O–H groups in total. The molecule has 2 unspecified atom stereocenters. The first-order valence-electron chi connectivity index (χ1n) is 7.84. The topological polar surface area (TPSA) is 71.1 Å². The highest BCUT2D eigenvalue weighted by molar-refractivity contribution is 6.31. The zero-order chi connectivity index (χ0) is 16.9. The number of pyridine rings is 1. The zero-order valence-corrected chi connectivity index (χ0v) is 13.8.